The van der Waals surface area contributed by atoms with Crippen LogP contribution in [0.2, 0.25) is 0 Å². The predicted octanol–water partition coefficient (Wildman–Crippen LogP) is 2.63. The zero-order valence-electron chi connectivity index (χ0n) is 11.1. The van der Waals surface area contributed by atoms with Crippen molar-refractivity contribution in [1.29, 1.82) is 0 Å². The fourth-order valence-corrected chi connectivity index (χ4v) is 5.89. The summed E-state index contributed by atoms with van der Waals surface area (Å²) in [5.41, 5.74) is 0.962. The van der Waals surface area contributed by atoms with Crippen molar-refractivity contribution in [2.45, 2.75) is 48.9 Å². The van der Waals surface area contributed by atoms with Crippen molar-refractivity contribution in [3.8, 4) is 0 Å². The minimum atomic E-state index is -3.37. The summed E-state index contributed by atoms with van der Waals surface area (Å²) in [6, 6.07) is 2.31. The zero-order valence-corrected chi connectivity index (χ0v) is 14.3. The molecule has 1 aliphatic rings. The van der Waals surface area contributed by atoms with Crippen molar-refractivity contribution in [2.75, 3.05) is 7.05 Å². The number of nitrogens with one attached hydrogen (secondary N) is 2. The van der Waals surface area contributed by atoms with Crippen LogP contribution < -0.4 is 10.0 Å². The second kappa shape index (κ2) is 6.22. The quantitative estimate of drug-likeness (QED) is 0.860. The van der Waals surface area contributed by atoms with Crippen molar-refractivity contribution < 1.29 is 8.42 Å². The normalized spacial score (nSPS) is 24.6. The number of sulfonamides is 1. The summed E-state index contributed by atoms with van der Waals surface area (Å²) in [6.45, 7) is 1.90. The van der Waals surface area contributed by atoms with Crippen LogP contribution in [-0.4, -0.2) is 27.5 Å². The molecule has 4 nitrogen and oxygen atoms in total. The molecule has 7 heteroatoms. The summed E-state index contributed by atoms with van der Waals surface area (Å²) >= 11 is 4.64. The highest BCUT2D eigenvalue weighted by Gasteiger charge is 2.26. The minimum Gasteiger partial charge on any atom is -0.317 e. The van der Waals surface area contributed by atoms with Crippen molar-refractivity contribution >= 4 is 37.3 Å². The summed E-state index contributed by atoms with van der Waals surface area (Å²) in [4.78, 5) is 0. The Bertz CT molecular complexity index is 514. The van der Waals surface area contributed by atoms with E-state index in [-0.39, 0.29) is 6.04 Å². The Labute approximate surface area is 127 Å². The van der Waals surface area contributed by atoms with E-state index < -0.39 is 10.0 Å². The van der Waals surface area contributed by atoms with Crippen LogP contribution in [0, 0.1) is 6.92 Å². The molecule has 1 aliphatic carbocycles. The van der Waals surface area contributed by atoms with Gasteiger partial charge in [-0.1, -0.05) is 0 Å². The van der Waals surface area contributed by atoms with E-state index in [2.05, 4.69) is 26.0 Å². The van der Waals surface area contributed by atoms with Crippen LogP contribution in [0.4, 0.5) is 0 Å². The molecular formula is C12H19BrN2O2S2. The topological polar surface area (TPSA) is 58.2 Å². The molecule has 1 aromatic rings. The van der Waals surface area contributed by atoms with Crippen molar-refractivity contribution in [3.63, 3.8) is 0 Å². The third-order valence-electron chi connectivity index (χ3n) is 3.56. The monoisotopic (exact) mass is 366 g/mol. The highest BCUT2D eigenvalue weighted by atomic mass is 79.9. The zero-order chi connectivity index (χ0) is 14.0. The first-order chi connectivity index (χ1) is 8.92. The Morgan fingerprint density at radius 3 is 2.32 bits per heavy atom. The standard InChI is InChI=1S/C12H19BrN2O2S2/c1-8-7-11(18-12(8)13)19(16,17)15-10-5-3-9(14-2)4-6-10/h7,9-10,14-15H,3-6H2,1-2H3. The average Bonchev–Trinajstić information content (AvgIpc) is 2.71. The number of aryl methyl sites for hydroxylation is 1. The van der Waals surface area contributed by atoms with Gasteiger partial charge in [0, 0.05) is 12.1 Å². The lowest BCUT2D eigenvalue weighted by Gasteiger charge is -2.28. The lowest BCUT2D eigenvalue weighted by molar-refractivity contribution is 0.343. The fraction of sp³-hybridized carbons (Fsp3) is 0.667. The van der Waals surface area contributed by atoms with E-state index in [0.717, 1.165) is 35.0 Å². The SMILES string of the molecule is CNC1CCC(NS(=O)(=O)c2cc(C)c(Br)s2)CC1. The summed E-state index contributed by atoms with van der Waals surface area (Å²) in [5, 5.41) is 3.25. The van der Waals surface area contributed by atoms with Crippen LogP contribution >= 0.6 is 27.3 Å². The van der Waals surface area contributed by atoms with Crippen LogP contribution in [0.15, 0.2) is 14.1 Å². The van der Waals surface area contributed by atoms with Crippen LogP contribution in [0.25, 0.3) is 0 Å². The molecule has 0 spiro atoms. The maximum atomic E-state index is 12.3. The molecule has 0 atom stereocenters. The molecule has 2 rings (SSSR count). The van der Waals surface area contributed by atoms with Gasteiger partial charge in [-0.15, -0.1) is 11.3 Å². The van der Waals surface area contributed by atoms with Gasteiger partial charge in [-0.05, 0) is 67.2 Å². The smallest absolute Gasteiger partial charge is 0.250 e. The molecule has 1 saturated carbocycles. The van der Waals surface area contributed by atoms with Gasteiger partial charge in [0.2, 0.25) is 10.0 Å². The Morgan fingerprint density at radius 2 is 1.84 bits per heavy atom. The van der Waals surface area contributed by atoms with Crippen LogP contribution in [0.1, 0.15) is 31.2 Å². The van der Waals surface area contributed by atoms with E-state index >= 15 is 0 Å². The summed E-state index contributed by atoms with van der Waals surface area (Å²) in [7, 11) is -1.41. The van der Waals surface area contributed by atoms with E-state index in [1.54, 1.807) is 6.07 Å². The molecule has 0 bridgehead atoms. The third-order valence-corrected chi connectivity index (χ3v) is 7.69. The van der Waals surface area contributed by atoms with Gasteiger partial charge in [-0.3, -0.25) is 0 Å². The molecule has 1 fully saturated rings. The molecule has 0 unspecified atom stereocenters. The maximum Gasteiger partial charge on any atom is 0.250 e. The number of halogens is 1. The van der Waals surface area contributed by atoms with Gasteiger partial charge < -0.3 is 5.32 Å². The Hall–Kier alpha value is 0.0500. The Balaban J connectivity index is 2.02. The average molecular weight is 367 g/mol. The highest BCUT2D eigenvalue weighted by molar-refractivity contribution is 9.11. The lowest BCUT2D eigenvalue weighted by Crippen LogP contribution is -2.41. The van der Waals surface area contributed by atoms with Gasteiger partial charge in [-0.2, -0.15) is 0 Å². The minimum absolute atomic E-state index is 0.0655. The molecule has 1 heterocycles. The van der Waals surface area contributed by atoms with E-state index in [1.165, 1.54) is 11.3 Å². The molecule has 108 valence electrons. The fourth-order valence-electron chi connectivity index (χ4n) is 2.34. The van der Waals surface area contributed by atoms with Gasteiger partial charge in [0.25, 0.3) is 0 Å². The van der Waals surface area contributed by atoms with Gasteiger partial charge in [0.05, 0.1) is 3.79 Å². The molecule has 19 heavy (non-hydrogen) atoms. The second-order valence-corrected chi connectivity index (χ2v) is 9.29. The van der Waals surface area contributed by atoms with Crippen LogP contribution in [-0.2, 0) is 10.0 Å². The summed E-state index contributed by atoms with van der Waals surface area (Å²) in [6.07, 6.45) is 3.85. The first-order valence-electron chi connectivity index (χ1n) is 6.38. The number of hydrogen-bond donors (Lipinski definition) is 2. The molecule has 2 N–H and O–H groups in total. The predicted molar refractivity (Wildman–Crippen MR) is 82.2 cm³/mol. The summed E-state index contributed by atoms with van der Waals surface area (Å²) in [5.74, 6) is 0. The molecule has 0 radical (unpaired) electrons. The van der Waals surface area contributed by atoms with Gasteiger partial charge in [-0.25, -0.2) is 13.1 Å². The van der Waals surface area contributed by atoms with Crippen molar-refractivity contribution in [2.24, 2.45) is 0 Å². The van der Waals surface area contributed by atoms with E-state index in [0.29, 0.717) is 10.3 Å². The number of rotatable bonds is 4. The molecule has 0 saturated heterocycles. The molecule has 0 amide bonds. The molecular weight excluding hydrogens is 348 g/mol. The lowest BCUT2D eigenvalue weighted by atomic mass is 9.92. The van der Waals surface area contributed by atoms with Crippen molar-refractivity contribution in [3.05, 3.63) is 15.4 Å². The van der Waals surface area contributed by atoms with E-state index in [1.807, 2.05) is 14.0 Å². The van der Waals surface area contributed by atoms with Gasteiger partial charge >= 0.3 is 0 Å². The molecule has 1 aromatic heterocycles. The highest BCUT2D eigenvalue weighted by Crippen LogP contribution is 2.31. The second-order valence-electron chi connectivity index (χ2n) is 4.98. The third kappa shape index (κ3) is 3.78. The Morgan fingerprint density at radius 1 is 1.26 bits per heavy atom. The molecule has 0 aliphatic heterocycles. The van der Waals surface area contributed by atoms with E-state index in [4.69, 9.17) is 0 Å². The van der Waals surface area contributed by atoms with Gasteiger partial charge in [0.1, 0.15) is 4.21 Å². The van der Waals surface area contributed by atoms with E-state index in [9.17, 15) is 8.42 Å². The molecule has 0 aromatic carbocycles. The van der Waals surface area contributed by atoms with Crippen LogP contribution in [0.3, 0.4) is 0 Å². The number of thiophene rings is 1. The number of hydrogen-bond acceptors (Lipinski definition) is 4. The summed E-state index contributed by atoms with van der Waals surface area (Å²) < 4.78 is 28.7. The van der Waals surface area contributed by atoms with Crippen molar-refractivity contribution in [1.82, 2.24) is 10.0 Å². The first-order valence-corrected chi connectivity index (χ1v) is 9.47. The largest absolute Gasteiger partial charge is 0.317 e. The first kappa shape index (κ1) is 15.4. The van der Waals surface area contributed by atoms with Gasteiger partial charge in [0.15, 0.2) is 0 Å². The Kier molecular flexibility index (Phi) is 5.05. The maximum absolute atomic E-state index is 12.3. The van der Waals surface area contributed by atoms with Crippen LogP contribution in [0.5, 0.6) is 0 Å².